The van der Waals surface area contributed by atoms with Crippen LogP contribution in [0.15, 0.2) is 42.5 Å². The van der Waals surface area contributed by atoms with Crippen LogP contribution >= 0.6 is 0 Å². The molecule has 2 rings (SSSR count). The van der Waals surface area contributed by atoms with Crippen LogP contribution in [0.25, 0.3) is 0 Å². The topological polar surface area (TPSA) is 67.4 Å². The lowest BCUT2D eigenvalue weighted by Crippen LogP contribution is -2.20. The summed E-state index contributed by atoms with van der Waals surface area (Å²) in [5.74, 6) is -2.50. The second-order valence-electron chi connectivity index (χ2n) is 4.67. The van der Waals surface area contributed by atoms with Gasteiger partial charge in [0.1, 0.15) is 5.82 Å². The Morgan fingerprint density at radius 2 is 1.61 bits per heavy atom. The first-order valence-electron chi connectivity index (χ1n) is 6.69. The maximum Gasteiger partial charge on any atom is 0.262 e. The summed E-state index contributed by atoms with van der Waals surface area (Å²) in [6.45, 7) is 0.970. The zero-order valence-electron chi connectivity index (χ0n) is 12.2. The van der Waals surface area contributed by atoms with E-state index in [9.17, 15) is 18.4 Å². The molecule has 0 fully saturated rings. The molecule has 2 aromatic carbocycles. The summed E-state index contributed by atoms with van der Waals surface area (Å²) in [4.78, 5) is 22.6. The van der Waals surface area contributed by atoms with E-state index in [2.05, 4.69) is 10.6 Å². The van der Waals surface area contributed by atoms with E-state index < -0.39 is 24.1 Å². The molecule has 0 saturated carbocycles. The Morgan fingerprint density at radius 1 is 1.00 bits per heavy atom. The number of rotatable bonds is 5. The molecule has 0 aliphatic carbocycles. The minimum Gasteiger partial charge on any atom is -0.481 e. The van der Waals surface area contributed by atoms with Gasteiger partial charge in [0.05, 0.1) is 0 Å². The van der Waals surface area contributed by atoms with Crippen LogP contribution < -0.4 is 15.4 Å². The second-order valence-corrected chi connectivity index (χ2v) is 4.67. The normalized spacial score (nSPS) is 10.0. The monoisotopic (exact) mass is 320 g/mol. The van der Waals surface area contributed by atoms with Crippen molar-refractivity contribution in [1.82, 2.24) is 0 Å². The van der Waals surface area contributed by atoms with Crippen molar-refractivity contribution in [2.45, 2.75) is 6.92 Å². The molecule has 0 aromatic heterocycles. The van der Waals surface area contributed by atoms with Gasteiger partial charge in [-0.15, -0.1) is 0 Å². The van der Waals surface area contributed by atoms with E-state index in [0.717, 1.165) is 12.1 Å². The number of carbonyl (C=O) groups excluding carboxylic acids is 2. The SMILES string of the molecule is CC(=O)Nc1ccc(NC(=O)COc2ccc(F)cc2F)cc1. The third-order valence-corrected chi connectivity index (χ3v) is 2.74. The van der Waals surface area contributed by atoms with Gasteiger partial charge in [0.2, 0.25) is 5.91 Å². The van der Waals surface area contributed by atoms with E-state index >= 15 is 0 Å². The van der Waals surface area contributed by atoms with Gasteiger partial charge in [-0.1, -0.05) is 0 Å². The van der Waals surface area contributed by atoms with Crippen LogP contribution in [-0.4, -0.2) is 18.4 Å². The van der Waals surface area contributed by atoms with E-state index in [1.165, 1.54) is 6.92 Å². The summed E-state index contributed by atoms with van der Waals surface area (Å²) in [6.07, 6.45) is 0. The van der Waals surface area contributed by atoms with Crippen molar-refractivity contribution < 1.29 is 23.1 Å². The molecular formula is C16H14F2N2O3. The molecule has 0 spiro atoms. The molecule has 0 atom stereocenters. The lowest BCUT2D eigenvalue weighted by molar-refractivity contribution is -0.118. The number of halogens is 2. The summed E-state index contributed by atoms with van der Waals surface area (Å²) in [7, 11) is 0. The van der Waals surface area contributed by atoms with E-state index in [0.29, 0.717) is 17.4 Å². The molecule has 2 amide bonds. The minimum absolute atomic E-state index is 0.198. The van der Waals surface area contributed by atoms with Crippen LogP contribution in [0.4, 0.5) is 20.2 Å². The van der Waals surface area contributed by atoms with E-state index in [1.54, 1.807) is 24.3 Å². The summed E-state index contributed by atoms with van der Waals surface area (Å²) in [5, 5.41) is 5.14. The molecule has 0 radical (unpaired) electrons. The van der Waals surface area contributed by atoms with Gasteiger partial charge in [-0.05, 0) is 36.4 Å². The Bertz CT molecular complexity index is 718. The predicted octanol–water partition coefficient (Wildman–Crippen LogP) is 2.94. The van der Waals surface area contributed by atoms with Crippen LogP contribution in [0.5, 0.6) is 5.75 Å². The molecule has 2 N–H and O–H groups in total. The number of anilines is 2. The Balaban J connectivity index is 1.88. The van der Waals surface area contributed by atoms with Gasteiger partial charge in [0.15, 0.2) is 18.2 Å². The summed E-state index contributed by atoms with van der Waals surface area (Å²) in [6, 6.07) is 9.27. The van der Waals surface area contributed by atoms with E-state index in [1.807, 2.05) is 0 Å². The number of amides is 2. The van der Waals surface area contributed by atoms with Crippen LogP contribution in [0, 0.1) is 11.6 Å². The zero-order chi connectivity index (χ0) is 16.8. The lowest BCUT2D eigenvalue weighted by atomic mass is 10.2. The smallest absolute Gasteiger partial charge is 0.262 e. The first-order chi connectivity index (χ1) is 10.9. The molecule has 0 aliphatic rings. The molecule has 7 heteroatoms. The highest BCUT2D eigenvalue weighted by Gasteiger charge is 2.08. The van der Waals surface area contributed by atoms with E-state index in [4.69, 9.17) is 4.74 Å². The van der Waals surface area contributed by atoms with Crippen molar-refractivity contribution >= 4 is 23.2 Å². The molecule has 0 aliphatic heterocycles. The van der Waals surface area contributed by atoms with Crippen LogP contribution in [0.1, 0.15) is 6.92 Å². The highest BCUT2D eigenvalue weighted by molar-refractivity contribution is 5.93. The number of carbonyl (C=O) groups is 2. The number of hydrogen-bond donors (Lipinski definition) is 2. The summed E-state index contributed by atoms with van der Waals surface area (Å²) >= 11 is 0. The second kappa shape index (κ2) is 7.35. The van der Waals surface area contributed by atoms with Gasteiger partial charge < -0.3 is 15.4 Å². The van der Waals surface area contributed by atoms with Gasteiger partial charge in [0.25, 0.3) is 5.91 Å². The number of benzene rings is 2. The Kier molecular flexibility index (Phi) is 5.24. The zero-order valence-corrected chi connectivity index (χ0v) is 12.2. The Morgan fingerprint density at radius 3 is 2.17 bits per heavy atom. The third kappa shape index (κ3) is 5.06. The van der Waals surface area contributed by atoms with Crippen LogP contribution in [0.2, 0.25) is 0 Å². The van der Waals surface area contributed by atoms with Crippen molar-refractivity contribution in [3.05, 3.63) is 54.1 Å². The fourth-order valence-electron chi connectivity index (χ4n) is 1.77. The van der Waals surface area contributed by atoms with Crippen molar-refractivity contribution in [3.8, 4) is 5.75 Å². The summed E-state index contributed by atoms with van der Waals surface area (Å²) < 4.78 is 31.1. The standard InChI is InChI=1S/C16H14F2N2O3/c1-10(21)19-12-3-5-13(6-4-12)20-16(22)9-23-15-7-2-11(17)8-14(15)18/h2-8H,9H2,1H3,(H,19,21)(H,20,22). The fraction of sp³-hybridized carbons (Fsp3) is 0.125. The highest BCUT2D eigenvalue weighted by Crippen LogP contribution is 2.18. The third-order valence-electron chi connectivity index (χ3n) is 2.74. The minimum atomic E-state index is -0.877. The van der Waals surface area contributed by atoms with Crippen LogP contribution in [-0.2, 0) is 9.59 Å². The average Bonchev–Trinajstić information content (AvgIpc) is 2.48. The highest BCUT2D eigenvalue weighted by atomic mass is 19.1. The molecule has 0 heterocycles. The van der Waals surface area contributed by atoms with Crippen molar-refractivity contribution in [2.24, 2.45) is 0 Å². The lowest BCUT2D eigenvalue weighted by Gasteiger charge is -2.09. The molecule has 0 saturated heterocycles. The molecule has 5 nitrogen and oxygen atoms in total. The number of ether oxygens (including phenoxy) is 1. The average molecular weight is 320 g/mol. The number of nitrogens with one attached hydrogen (secondary N) is 2. The maximum absolute atomic E-state index is 13.3. The van der Waals surface area contributed by atoms with Gasteiger partial charge in [-0.25, -0.2) is 8.78 Å². The molecule has 2 aromatic rings. The van der Waals surface area contributed by atoms with Gasteiger partial charge >= 0.3 is 0 Å². The van der Waals surface area contributed by atoms with Crippen molar-refractivity contribution in [2.75, 3.05) is 17.2 Å². The summed E-state index contributed by atoms with van der Waals surface area (Å²) in [5.41, 5.74) is 1.09. The predicted molar refractivity (Wildman–Crippen MR) is 81.2 cm³/mol. The molecule has 120 valence electrons. The van der Waals surface area contributed by atoms with Crippen molar-refractivity contribution in [3.63, 3.8) is 0 Å². The van der Waals surface area contributed by atoms with Crippen LogP contribution in [0.3, 0.4) is 0 Å². The first-order valence-corrected chi connectivity index (χ1v) is 6.69. The molecule has 23 heavy (non-hydrogen) atoms. The molecular weight excluding hydrogens is 306 g/mol. The Labute approximate surface area is 131 Å². The number of hydrogen-bond acceptors (Lipinski definition) is 3. The van der Waals surface area contributed by atoms with Gasteiger partial charge in [-0.2, -0.15) is 0 Å². The maximum atomic E-state index is 13.3. The fourth-order valence-corrected chi connectivity index (χ4v) is 1.77. The van der Waals surface area contributed by atoms with Gasteiger partial charge in [-0.3, -0.25) is 9.59 Å². The van der Waals surface area contributed by atoms with Crippen molar-refractivity contribution in [1.29, 1.82) is 0 Å². The van der Waals surface area contributed by atoms with Gasteiger partial charge in [0, 0.05) is 24.4 Å². The molecule has 0 unspecified atom stereocenters. The largest absolute Gasteiger partial charge is 0.481 e. The van der Waals surface area contributed by atoms with E-state index in [-0.39, 0.29) is 11.7 Å². The first kappa shape index (κ1) is 16.4. The quantitative estimate of drug-likeness (QED) is 0.890. The Hall–Kier alpha value is -2.96. The molecule has 0 bridgehead atoms.